The molecule has 6 aromatic carbocycles. The average molecular weight is 1750 g/mol. The lowest BCUT2D eigenvalue weighted by Gasteiger charge is -2.13. The first-order valence-corrected chi connectivity index (χ1v) is 47.5. The van der Waals surface area contributed by atoms with Crippen LogP contribution in [0.1, 0.15) is 311 Å². The molecular weight excluding hydrogens is 1600 g/mol. The third-order valence-electron chi connectivity index (χ3n) is 22.8. The van der Waals surface area contributed by atoms with Crippen LogP contribution in [0.5, 0.6) is 69.0 Å². The van der Waals surface area contributed by atoms with E-state index in [4.69, 9.17) is 56.8 Å². The van der Waals surface area contributed by atoms with Crippen LogP contribution in [0.3, 0.4) is 0 Å². The predicted octanol–water partition coefficient (Wildman–Crippen LogP) is 24.6. The maximum Gasteiger partial charge on any atom is 0.259 e. The van der Waals surface area contributed by atoms with Gasteiger partial charge in [0.25, 0.3) is 33.4 Å². The van der Waals surface area contributed by atoms with Gasteiger partial charge in [-0.05, 0) is 74.9 Å². The maximum atomic E-state index is 15.7. The molecule has 0 aliphatic carbocycles. The van der Waals surface area contributed by atoms with E-state index in [9.17, 15) is 0 Å². The van der Waals surface area contributed by atoms with Crippen molar-refractivity contribution in [1.82, 2.24) is 29.9 Å². The summed E-state index contributed by atoms with van der Waals surface area (Å²) >= 11 is 0. The average Bonchev–Trinajstić information content (AvgIpc) is 0.789. The Hall–Kier alpha value is -10.3. The van der Waals surface area contributed by atoms with Crippen molar-refractivity contribution in [3.05, 3.63) is 135 Å². The van der Waals surface area contributed by atoms with E-state index in [0.717, 1.165) is 231 Å². The van der Waals surface area contributed by atoms with Gasteiger partial charge in [0.2, 0.25) is 0 Å². The molecule has 7 rings (SSSR count). The summed E-state index contributed by atoms with van der Waals surface area (Å²) in [5.41, 5.74) is -3.88. The second-order valence-corrected chi connectivity index (χ2v) is 32.8. The van der Waals surface area contributed by atoms with Crippen molar-refractivity contribution in [2.75, 3.05) is 82.3 Å². The molecule has 0 aliphatic rings. The highest BCUT2D eigenvalue weighted by Gasteiger charge is 2.20. The molecule has 0 aliphatic heterocycles. The van der Waals surface area contributed by atoms with Crippen LogP contribution in [-0.4, -0.2) is 112 Å². The fraction of sp³-hybridized carbons (Fsp3) is 0.588. The van der Waals surface area contributed by atoms with Crippen LogP contribution in [0.4, 0.5) is 0 Å². The van der Waals surface area contributed by atoms with E-state index >= 15 is 28.8 Å². The van der Waals surface area contributed by atoms with Gasteiger partial charge in [0.05, 0.1) is 148 Å². The largest absolute Gasteiger partial charge is 0.494 e. The number of H-pyrrole nitrogens is 6. The molecule has 0 atom stereocenters. The van der Waals surface area contributed by atoms with Gasteiger partial charge in [-0.15, -0.1) is 0 Å². The summed E-state index contributed by atoms with van der Waals surface area (Å²) in [6, 6.07) is 18.1. The molecule has 0 saturated heterocycles. The number of nitrogens with one attached hydrogen (secondary N) is 6. The van der Waals surface area contributed by atoms with Gasteiger partial charge in [0, 0.05) is 36.4 Å². The molecule has 6 N–H and O–H groups in total. The van der Waals surface area contributed by atoms with Crippen LogP contribution < -0.4 is 90.2 Å². The number of unbranched alkanes of at least 4 members (excludes halogenated alkanes) is 36. The van der Waals surface area contributed by atoms with Gasteiger partial charge >= 0.3 is 0 Å². The van der Waals surface area contributed by atoms with E-state index in [-0.39, 0.29) is 174 Å². The zero-order chi connectivity index (χ0) is 90.5. The number of aromatic nitrogens is 6. The van der Waals surface area contributed by atoms with E-state index in [0.29, 0.717) is 38.5 Å². The van der Waals surface area contributed by atoms with Gasteiger partial charge in [-0.1, -0.05) is 273 Å². The summed E-state index contributed by atoms with van der Waals surface area (Å²) in [7, 11) is 8.59. The van der Waals surface area contributed by atoms with E-state index in [1.807, 2.05) is 0 Å². The predicted molar refractivity (Wildman–Crippen MR) is 515 cm³/mol. The monoisotopic (exact) mass is 1750 g/mol. The van der Waals surface area contributed by atoms with Gasteiger partial charge in [0.1, 0.15) is 69.0 Å². The molecule has 1 heterocycles. The van der Waals surface area contributed by atoms with Crippen LogP contribution in [-0.2, 0) is 0 Å². The lowest BCUT2D eigenvalue weighted by atomic mass is 10.1. The topological polar surface area (TPSA) is 308 Å². The normalized spacial score (nSPS) is 11.1. The Balaban J connectivity index is 1.72. The first kappa shape index (κ1) is 103. The van der Waals surface area contributed by atoms with Gasteiger partial charge in [-0.25, -0.2) is 0 Å². The number of ether oxygens (including phenoxy) is 12. The standard InChI is InChI=1S/C102H150N6O18/c1-13-19-25-31-37-43-49-55-121-85-67-86(122-56-50-44-38-32-26-20-14-2)74-61-73(85)97(109)103-79-64-80(92(116-8)70-91(79)115-7)105-99(111)75-62-76(88(124-58-52-46-40-34-28-22-16-4)68-87(75)123-57-51-45-39-33-27-21-15-3)101(113)107-83-66-84(96(120-12)72-95(83)119-11)108-102(114)78-63-77(100(112)106-82-65-81(104-98(74)110)93(117-9)71-94(82)118-10)89(125-59-53-47-41-35-29-23-17-5)69-90(78)126-60-54-48-42-36-30-24-18-6/h61-72H,13-60H2,1-12H3,(H,103,109)(H,104,110)(H,105,111)(H,106,112)(H,107,113)(H,108,114). The minimum atomic E-state index is -0.728. The van der Waals surface area contributed by atoms with Crippen LogP contribution >= 0.6 is 0 Å². The molecule has 1 aromatic heterocycles. The molecule has 12 bridgehead atoms. The first-order chi connectivity index (χ1) is 61.5. The molecule has 0 spiro atoms. The van der Waals surface area contributed by atoms with Crippen molar-refractivity contribution >= 4 is 65.4 Å². The molecule has 0 radical (unpaired) electrons. The smallest absolute Gasteiger partial charge is 0.259 e. The van der Waals surface area contributed by atoms with E-state index in [1.54, 1.807) is 18.2 Å². The molecule has 126 heavy (non-hydrogen) atoms. The Labute approximate surface area is 745 Å². The molecule has 0 amide bonds. The number of benzene rings is 6. The summed E-state index contributed by atoms with van der Waals surface area (Å²) < 4.78 is 75.8. The van der Waals surface area contributed by atoms with Crippen molar-refractivity contribution in [3.8, 4) is 69.0 Å². The number of methoxy groups -OCH3 is 6. The SMILES string of the molecule is CCCCCCCCCOc1cc(OCCCCCCCCC)c2cc1c(=O)[nH]c1cc([nH]c(=O)c3cc(c(OCCCCCCCCC)cc3OCCCCCCCCC)c(=O)[nH]c3cc([nH]c(=O)c4cc(c(OCCCCCCCCC)cc4OCCCCCCCCC)c(=O)[nH]c4cc([nH]c2=O)c(OC)cc4OC)c(OC)cc3OC)c(OC)cc1OC. The molecule has 0 saturated carbocycles. The van der Waals surface area contributed by atoms with Crippen LogP contribution in [0.15, 0.2) is 102 Å². The van der Waals surface area contributed by atoms with Crippen LogP contribution in [0, 0.1) is 0 Å². The number of fused-ring (bicyclic) bond motifs is 12. The lowest BCUT2D eigenvalue weighted by molar-refractivity contribution is 0.293. The Kier molecular flexibility index (Phi) is 48.7. The quantitative estimate of drug-likeness (QED) is 0.0193. The summed E-state index contributed by atoms with van der Waals surface area (Å²) in [5, 5.41) is -0.318. The molecular formula is C102H150N6O18. The van der Waals surface area contributed by atoms with Gasteiger partial charge < -0.3 is 86.7 Å². The highest BCUT2D eigenvalue weighted by Crippen LogP contribution is 2.36. The number of hydrogen-bond acceptors (Lipinski definition) is 18. The Morgan fingerprint density at radius 3 is 0.429 bits per heavy atom. The lowest BCUT2D eigenvalue weighted by Crippen LogP contribution is -2.12. The first-order valence-electron chi connectivity index (χ1n) is 47.5. The maximum absolute atomic E-state index is 15.7. The van der Waals surface area contributed by atoms with Gasteiger partial charge in [-0.2, -0.15) is 0 Å². The number of rotatable bonds is 60. The summed E-state index contributed by atoms with van der Waals surface area (Å²) in [6.45, 7) is 14.5. The van der Waals surface area contributed by atoms with Crippen molar-refractivity contribution in [2.24, 2.45) is 0 Å². The van der Waals surface area contributed by atoms with Crippen LogP contribution in [0.25, 0.3) is 65.4 Å². The molecule has 24 heteroatoms. The Morgan fingerprint density at radius 1 is 0.167 bits per heavy atom. The molecule has 0 fully saturated rings. The highest BCUT2D eigenvalue weighted by molar-refractivity contribution is 5.84. The molecule has 7 aromatic rings. The Bertz CT molecular complexity index is 4400. The van der Waals surface area contributed by atoms with E-state index < -0.39 is 33.4 Å². The molecule has 24 nitrogen and oxygen atoms in total. The Morgan fingerprint density at radius 2 is 0.294 bits per heavy atom. The molecule has 696 valence electrons. The number of aromatic amines is 6. The minimum absolute atomic E-state index is 0.0530. The number of hydrogen-bond donors (Lipinski definition) is 6. The van der Waals surface area contributed by atoms with Crippen molar-refractivity contribution in [2.45, 2.75) is 311 Å². The van der Waals surface area contributed by atoms with Crippen molar-refractivity contribution in [3.63, 3.8) is 0 Å². The van der Waals surface area contributed by atoms with E-state index in [1.165, 1.54) is 97.3 Å². The summed E-state index contributed by atoms with van der Waals surface area (Å²) in [6.07, 6.45) is 42.2. The molecule has 0 unspecified atom stereocenters. The fourth-order valence-corrected chi connectivity index (χ4v) is 15.3. The van der Waals surface area contributed by atoms with Crippen molar-refractivity contribution < 1.29 is 56.8 Å². The van der Waals surface area contributed by atoms with Crippen LogP contribution in [0.2, 0.25) is 0 Å². The van der Waals surface area contributed by atoms with E-state index in [2.05, 4.69) is 71.4 Å². The third kappa shape index (κ3) is 34.2. The van der Waals surface area contributed by atoms with Crippen molar-refractivity contribution in [1.29, 1.82) is 0 Å². The zero-order valence-corrected chi connectivity index (χ0v) is 78.2. The fourth-order valence-electron chi connectivity index (χ4n) is 15.3. The van der Waals surface area contributed by atoms with Gasteiger partial charge in [0.15, 0.2) is 0 Å². The van der Waals surface area contributed by atoms with Gasteiger partial charge in [-0.3, -0.25) is 28.8 Å². The second kappa shape index (κ2) is 59.7. The zero-order valence-electron chi connectivity index (χ0n) is 78.2. The third-order valence-corrected chi connectivity index (χ3v) is 22.8. The minimum Gasteiger partial charge on any atom is -0.494 e. The highest BCUT2D eigenvalue weighted by atomic mass is 16.5. The summed E-state index contributed by atoms with van der Waals surface area (Å²) in [4.78, 5) is 112. The summed E-state index contributed by atoms with van der Waals surface area (Å²) in [5.74, 6) is 1.63. The second-order valence-electron chi connectivity index (χ2n) is 32.8.